The summed E-state index contributed by atoms with van der Waals surface area (Å²) >= 11 is 0. The van der Waals surface area contributed by atoms with Gasteiger partial charge in [0.2, 0.25) is 0 Å². The summed E-state index contributed by atoms with van der Waals surface area (Å²) in [5, 5.41) is 11.5. The van der Waals surface area contributed by atoms with Crippen molar-refractivity contribution in [3.63, 3.8) is 0 Å². The molecule has 0 saturated carbocycles. The van der Waals surface area contributed by atoms with Gasteiger partial charge in [0.25, 0.3) is 0 Å². The van der Waals surface area contributed by atoms with Crippen LogP contribution < -0.4 is 10.6 Å². The van der Waals surface area contributed by atoms with Crippen LogP contribution in [0.25, 0.3) is 0 Å². The number of aryl methyl sites for hydroxylation is 2. The molecule has 28 heavy (non-hydrogen) atoms. The Morgan fingerprint density at radius 2 is 1.86 bits per heavy atom. The molecular weight excluding hydrogens is 348 g/mol. The molecule has 1 saturated heterocycles. The smallest absolute Gasteiger partial charge is 0.191 e. The van der Waals surface area contributed by atoms with E-state index in [-0.39, 0.29) is 0 Å². The molecule has 1 atom stereocenters. The maximum Gasteiger partial charge on any atom is 0.191 e. The van der Waals surface area contributed by atoms with Crippen LogP contribution in [0.15, 0.2) is 35.3 Å². The zero-order valence-electron chi connectivity index (χ0n) is 17.7. The van der Waals surface area contributed by atoms with E-state index in [0.29, 0.717) is 6.04 Å². The fraction of sp³-hybridized carbons (Fsp3) is 0.545. The van der Waals surface area contributed by atoms with E-state index in [0.717, 1.165) is 31.2 Å². The normalized spacial score (nSPS) is 16.4. The van der Waals surface area contributed by atoms with E-state index in [1.54, 1.807) is 0 Å². The molecule has 1 aromatic heterocycles. The van der Waals surface area contributed by atoms with Gasteiger partial charge in [0.15, 0.2) is 5.96 Å². The second kappa shape index (κ2) is 9.73. The second-order valence-electron chi connectivity index (χ2n) is 7.57. The van der Waals surface area contributed by atoms with Gasteiger partial charge in [-0.15, -0.1) is 0 Å². The molecule has 0 amide bonds. The molecule has 2 heterocycles. The van der Waals surface area contributed by atoms with Gasteiger partial charge in [-0.1, -0.05) is 30.3 Å². The Hall–Kier alpha value is -2.34. The van der Waals surface area contributed by atoms with Crippen LogP contribution >= 0.6 is 0 Å². The van der Waals surface area contributed by atoms with Gasteiger partial charge in [0, 0.05) is 32.9 Å². The summed E-state index contributed by atoms with van der Waals surface area (Å²) in [5.41, 5.74) is 5.04. The molecule has 6 nitrogen and oxygen atoms in total. The van der Waals surface area contributed by atoms with E-state index in [4.69, 9.17) is 0 Å². The molecule has 1 unspecified atom stereocenters. The molecule has 0 spiro atoms. The summed E-state index contributed by atoms with van der Waals surface area (Å²) in [5.74, 6) is 0.860. The summed E-state index contributed by atoms with van der Waals surface area (Å²) in [6, 6.07) is 11.2. The minimum absolute atomic E-state index is 0.380. The van der Waals surface area contributed by atoms with Crippen molar-refractivity contribution in [3.8, 4) is 0 Å². The van der Waals surface area contributed by atoms with Gasteiger partial charge in [-0.05, 0) is 57.3 Å². The Kier molecular flexibility index (Phi) is 7.09. The molecule has 3 rings (SSSR count). The number of aromatic nitrogens is 2. The molecule has 1 aromatic carbocycles. The third kappa shape index (κ3) is 4.93. The van der Waals surface area contributed by atoms with Crippen molar-refractivity contribution in [2.24, 2.45) is 12.0 Å². The first kappa shape index (κ1) is 20.4. The lowest BCUT2D eigenvalue weighted by Gasteiger charge is -2.29. The molecule has 0 radical (unpaired) electrons. The van der Waals surface area contributed by atoms with Gasteiger partial charge >= 0.3 is 0 Å². The molecule has 2 N–H and O–H groups in total. The van der Waals surface area contributed by atoms with Crippen molar-refractivity contribution in [1.82, 2.24) is 25.3 Å². The number of hydrogen-bond donors (Lipinski definition) is 2. The Balaban J connectivity index is 1.55. The number of nitrogens with zero attached hydrogens (tertiary/aromatic N) is 4. The number of guanidine groups is 1. The largest absolute Gasteiger partial charge is 0.356 e. The third-order valence-corrected chi connectivity index (χ3v) is 5.78. The lowest BCUT2D eigenvalue weighted by Crippen LogP contribution is -2.43. The molecule has 0 bridgehead atoms. The maximum atomic E-state index is 4.50. The van der Waals surface area contributed by atoms with Crippen molar-refractivity contribution in [1.29, 1.82) is 0 Å². The van der Waals surface area contributed by atoms with E-state index in [1.807, 2.05) is 18.8 Å². The van der Waals surface area contributed by atoms with Crippen LogP contribution in [0.3, 0.4) is 0 Å². The predicted molar refractivity (Wildman–Crippen MR) is 116 cm³/mol. The first-order chi connectivity index (χ1) is 13.6. The van der Waals surface area contributed by atoms with E-state index in [9.17, 15) is 0 Å². The molecule has 6 heteroatoms. The van der Waals surface area contributed by atoms with E-state index < -0.39 is 0 Å². The van der Waals surface area contributed by atoms with Gasteiger partial charge in [-0.25, -0.2) is 0 Å². The van der Waals surface area contributed by atoms with Crippen LogP contribution in [-0.2, 0) is 13.5 Å². The number of hydrogen-bond acceptors (Lipinski definition) is 3. The summed E-state index contributed by atoms with van der Waals surface area (Å²) in [4.78, 5) is 7.00. The molecule has 152 valence electrons. The van der Waals surface area contributed by atoms with Crippen molar-refractivity contribution in [2.75, 3.05) is 33.2 Å². The minimum Gasteiger partial charge on any atom is -0.356 e. The molecular formula is C22H34N6. The highest BCUT2D eigenvalue weighted by atomic mass is 15.3. The predicted octanol–water partition coefficient (Wildman–Crippen LogP) is 2.58. The molecule has 2 aromatic rings. The average molecular weight is 383 g/mol. The number of nitrogens with one attached hydrogen (secondary N) is 2. The summed E-state index contributed by atoms with van der Waals surface area (Å²) in [6.07, 6.45) is 3.53. The monoisotopic (exact) mass is 382 g/mol. The Bertz CT molecular complexity index is 774. The van der Waals surface area contributed by atoms with Gasteiger partial charge in [-0.3, -0.25) is 14.6 Å². The standard InChI is InChI=1S/C22H34N6/c1-17-20(18(2)27(4)26-17)12-13-24-22(23-3)25-16-21(28-14-8-9-15-28)19-10-6-5-7-11-19/h5-7,10-11,21H,8-9,12-16H2,1-4H3,(H2,23,24,25). The van der Waals surface area contributed by atoms with Crippen molar-refractivity contribution in [3.05, 3.63) is 52.8 Å². The lowest BCUT2D eigenvalue weighted by atomic mass is 10.1. The van der Waals surface area contributed by atoms with Crippen molar-refractivity contribution in [2.45, 2.75) is 39.2 Å². The summed E-state index contributed by atoms with van der Waals surface area (Å²) < 4.78 is 1.96. The van der Waals surface area contributed by atoms with E-state index in [2.05, 4.69) is 69.8 Å². The number of benzene rings is 1. The lowest BCUT2D eigenvalue weighted by molar-refractivity contribution is 0.245. The van der Waals surface area contributed by atoms with Crippen LogP contribution in [-0.4, -0.2) is 53.9 Å². The fourth-order valence-electron chi connectivity index (χ4n) is 4.09. The van der Waals surface area contributed by atoms with Gasteiger partial charge in [0.05, 0.1) is 11.7 Å². The Morgan fingerprint density at radius 1 is 1.14 bits per heavy atom. The Labute approximate surface area is 169 Å². The molecule has 0 aliphatic carbocycles. The molecule has 1 fully saturated rings. The zero-order valence-corrected chi connectivity index (χ0v) is 17.7. The Morgan fingerprint density at radius 3 is 2.46 bits per heavy atom. The zero-order chi connectivity index (χ0) is 19.9. The quantitative estimate of drug-likeness (QED) is 0.571. The highest BCUT2D eigenvalue weighted by Gasteiger charge is 2.23. The van der Waals surface area contributed by atoms with Crippen LogP contribution in [0.2, 0.25) is 0 Å². The van der Waals surface area contributed by atoms with E-state index >= 15 is 0 Å². The average Bonchev–Trinajstić information content (AvgIpc) is 3.31. The summed E-state index contributed by atoms with van der Waals surface area (Å²) in [6.45, 7) is 8.25. The SMILES string of the molecule is CN=C(NCCc1c(C)nn(C)c1C)NCC(c1ccccc1)N1CCCC1. The topological polar surface area (TPSA) is 57.5 Å². The second-order valence-corrected chi connectivity index (χ2v) is 7.57. The third-order valence-electron chi connectivity index (χ3n) is 5.78. The van der Waals surface area contributed by atoms with Crippen molar-refractivity contribution >= 4 is 5.96 Å². The van der Waals surface area contributed by atoms with Gasteiger partial charge < -0.3 is 10.6 Å². The van der Waals surface area contributed by atoms with Crippen LogP contribution in [0.5, 0.6) is 0 Å². The summed E-state index contributed by atoms with van der Waals surface area (Å²) in [7, 11) is 3.84. The number of likely N-dealkylation sites (tertiary alicyclic amines) is 1. The number of rotatable bonds is 7. The van der Waals surface area contributed by atoms with Crippen LogP contribution in [0.4, 0.5) is 0 Å². The number of aliphatic imine (C=N–C) groups is 1. The fourth-order valence-corrected chi connectivity index (χ4v) is 4.09. The first-order valence-electron chi connectivity index (χ1n) is 10.3. The first-order valence-corrected chi connectivity index (χ1v) is 10.3. The highest BCUT2D eigenvalue weighted by molar-refractivity contribution is 5.79. The van der Waals surface area contributed by atoms with Crippen LogP contribution in [0.1, 0.15) is 41.4 Å². The van der Waals surface area contributed by atoms with Crippen LogP contribution in [0, 0.1) is 13.8 Å². The highest BCUT2D eigenvalue weighted by Crippen LogP contribution is 2.24. The van der Waals surface area contributed by atoms with Gasteiger partial charge in [0.1, 0.15) is 0 Å². The van der Waals surface area contributed by atoms with Crippen molar-refractivity contribution < 1.29 is 0 Å². The molecule has 1 aliphatic heterocycles. The minimum atomic E-state index is 0.380. The van der Waals surface area contributed by atoms with Gasteiger partial charge in [-0.2, -0.15) is 5.10 Å². The maximum absolute atomic E-state index is 4.50. The van der Waals surface area contributed by atoms with E-state index in [1.165, 1.54) is 42.8 Å². The molecule has 1 aliphatic rings.